The van der Waals surface area contributed by atoms with Gasteiger partial charge in [-0.25, -0.2) is 0 Å². The minimum Gasteiger partial charge on any atom is -0.379 e. The predicted octanol–water partition coefficient (Wildman–Crippen LogP) is 1.90. The van der Waals surface area contributed by atoms with Crippen LogP contribution in [0, 0.1) is 5.41 Å². The van der Waals surface area contributed by atoms with E-state index in [9.17, 15) is 0 Å². The molecule has 6 heteroatoms. The van der Waals surface area contributed by atoms with Gasteiger partial charge >= 0.3 is 0 Å². The van der Waals surface area contributed by atoms with Crippen LogP contribution in [-0.4, -0.2) is 55.1 Å². The highest BCUT2D eigenvalue weighted by Gasteiger charge is 2.24. The maximum absolute atomic E-state index is 5.33. The fourth-order valence-electron chi connectivity index (χ4n) is 3.08. The monoisotopic (exact) mass is 324 g/mol. The number of hydrogen-bond acceptors (Lipinski definition) is 4. The minimum absolute atomic E-state index is 0.282. The molecule has 0 aromatic heterocycles. The molecule has 2 aliphatic rings. The third-order valence-electron chi connectivity index (χ3n) is 3.95. The van der Waals surface area contributed by atoms with E-state index in [-0.39, 0.29) is 5.41 Å². The number of nitrogens with zero attached hydrogens (tertiary/aromatic N) is 2. The second kappa shape index (κ2) is 8.04. The SMILES string of the molecule is CC1=C/C(=N/NC(=S)NCCN2CCOCC2)CC(C)(C)C1. The van der Waals surface area contributed by atoms with Crippen LogP contribution in [0.2, 0.25) is 0 Å². The smallest absolute Gasteiger partial charge is 0.187 e. The van der Waals surface area contributed by atoms with Crippen LogP contribution in [0.15, 0.2) is 16.8 Å². The molecule has 0 radical (unpaired) electrons. The zero-order chi connectivity index (χ0) is 16.0. The van der Waals surface area contributed by atoms with Gasteiger partial charge in [-0.05, 0) is 43.5 Å². The fraction of sp³-hybridized carbons (Fsp3) is 0.750. The van der Waals surface area contributed by atoms with Crippen molar-refractivity contribution in [2.45, 2.75) is 33.6 Å². The molecule has 0 aromatic rings. The van der Waals surface area contributed by atoms with Gasteiger partial charge in [-0.1, -0.05) is 19.4 Å². The van der Waals surface area contributed by atoms with Gasteiger partial charge < -0.3 is 10.1 Å². The van der Waals surface area contributed by atoms with E-state index < -0.39 is 0 Å². The summed E-state index contributed by atoms with van der Waals surface area (Å²) in [7, 11) is 0. The van der Waals surface area contributed by atoms with E-state index in [4.69, 9.17) is 17.0 Å². The van der Waals surface area contributed by atoms with Crippen molar-refractivity contribution in [1.82, 2.24) is 15.6 Å². The summed E-state index contributed by atoms with van der Waals surface area (Å²) < 4.78 is 5.33. The van der Waals surface area contributed by atoms with Crippen LogP contribution < -0.4 is 10.7 Å². The van der Waals surface area contributed by atoms with Crippen molar-refractivity contribution in [3.8, 4) is 0 Å². The third-order valence-corrected chi connectivity index (χ3v) is 4.18. The molecule has 0 bridgehead atoms. The van der Waals surface area contributed by atoms with Crippen LogP contribution in [0.5, 0.6) is 0 Å². The first-order valence-corrected chi connectivity index (χ1v) is 8.43. The van der Waals surface area contributed by atoms with Crippen molar-refractivity contribution in [3.05, 3.63) is 11.6 Å². The summed E-state index contributed by atoms with van der Waals surface area (Å²) in [4.78, 5) is 2.38. The lowest BCUT2D eigenvalue weighted by Crippen LogP contribution is -2.43. The van der Waals surface area contributed by atoms with E-state index in [1.165, 1.54) is 5.57 Å². The average Bonchev–Trinajstić information content (AvgIpc) is 2.44. The highest BCUT2D eigenvalue weighted by molar-refractivity contribution is 7.80. The topological polar surface area (TPSA) is 48.9 Å². The molecular formula is C16H28N4OS. The van der Waals surface area contributed by atoms with E-state index in [2.05, 4.69) is 47.6 Å². The lowest BCUT2D eigenvalue weighted by molar-refractivity contribution is 0.0389. The number of hydrogen-bond donors (Lipinski definition) is 2. The van der Waals surface area contributed by atoms with Gasteiger partial charge in [0.15, 0.2) is 5.11 Å². The summed E-state index contributed by atoms with van der Waals surface area (Å²) in [6.07, 6.45) is 4.27. The number of thiocarbonyl (C=S) groups is 1. The summed E-state index contributed by atoms with van der Waals surface area (Å²) in [5, 5.41) is 8.25. The molecule has 1 aliphatic carbocycles. The van der Waals surface area contributed by atoms with Crippen molar-refractivity contribution in [3.63, 3.8) is 0 Å². The third kappa shape index (κ3) is 6.02. The van der Waals surface area contributed by atoms with Crippen molar-refractivity contribution in [1.29, 1.82) is 0 Å². The second-order valence-electron chi connectivity index (χ2n) is 6.93. The molecule has 0 amide bonds. The first kappa shape index (κ1) is 17.4. The predicted molar refractivity (Wildman–Crippen MR) is 95.2 cm³/mol. The summed E-state index contributed by atoms with van der Waals surface area (Å²) in [6.45, 7) is 12.2. The number of hydrazone groups is 1. The molecule has 2 N–H and O–H groups in total. The Labute approximate surface area is 139 Å². The van der Waals surface area contributed by atoms with Crippen molar-refractivity contribution in [2.75, 3.05) is 39.4 Å². The van der Waals surface area contributed by atoms with E-state index in [1.54, 1.807) is 0 Å². The number of allylic oxidation sites excluding steroid dienone is 2. The van der Waals surface area contributed by atoms with Gasteiger partial charge in [0, 0.05) is 26.2 Å². The van der Waals surface area contributed by atoms with Gasteiger partial charge in [0.2, 0.25) is 0 Å². The van der Waals surface area contributed by atoms with E-state index in [0.717, 1.165) is 57.9 Å². The first-order valence-electron chi connectivity index (χ1n) is 8.02. The molecule has 2 rings (SSSR count). The van der Waals surface area contributed by atoms with E-state index >= 15 is 0 Å². The molecule has 1 heterocycles. The van der Waals surface area contributed by atoms with Crippen LogP contribution in [0.25, 0.3) is 0 Å². The number of morpholine rings is 1. The molecule has 0 spiro atoms. The molecule has 22 heavy (non-hydrogen) atoms. The lowest BCUT2D eigenvalue weighted by atomic mass is 9.77. The second-order valence-corrected chi connectivity index (χ2v) is 7.34. The van der Waals surface area contributed by atoms with Gasteiger partial charge in [0.05, 0.1) is 18.9 Å². The zero-order valence-electron chi connectivity index (χ0n) is 13.9. The standard InChI is InChI=1S/C16H28N4OS/c1-13-10-14(12-16(2,3)11-13)18-19-15(22)17-4-5-20-6-8-21-9-7-20/h10H,4-9,11-12H2,1-3H3,(H2,17,19,22)/b18-14-. The fourth-order valence-corrected chi connectivity index (χ4v) is 3.23. The normalized spacial score (nSPS) is 24.0. The van der Waals surface area contributed by atoms with Gasteiger partial charge in [0.1, 0.15) is 0 Å². The minimum atomic E-state index is 0.282. The van der Waals surface area contributed by atoms with Gasteiger partial charge in [-0.15, -0.1) is 0 Å². The maximum Gasteiger partial charge on any atom is 0.187 e. The Morgan fingerprint density at radius 1 is 1.36 bits per heavy atom. The quantitative estimate of drug-likeness (QED) is 0.611. The first-order chi connectivity index (χ1) is 10.4. The number of ether oxygens (including phenoxy) is 1. The van der Waals surface area contributed by atoms with Crippen molar-refractivity contribution in [2.24, 2.45) is 10.5 Å². The lowest BCUT2D eigenvalue weighted by Gasteiger charge is -2.29. The van der Waals surface area contributed by atoms with Crippen molar-refractivity contribution >= 4 is 23.0 Å². The molecule has 0 atom stereocenters. The zero-order valence-corrected chi connectivity index (χ0v) is 14.8. The molecule has 1 saturated heterocycles. The molecule has 0 saturated carbocycles. The largest absolute Gasteiger partial charge is 0.379 e. The van der Waals surface area contributed by atoms with Crippen LogP contribution >= 0.6 is 12.2 Å². The Balaban J connectivity index is 1.70. The number of rotatable bonds is 4. The molecule has 0 unspecified atom stereocenters. The van der Waals surface area contributed by atoms with E-state index in [1.807, 2.05) is 0 Å². The van der Waals surface area contributed by atoms with Gasteiger partial charge in [-0.3, -0.25) is 10.3 Å². The van der Waals surface area contributed by atoms with Crippen LogP contribution in [0.3, 0.4) is 0 Å². The Hall–Kier alpha value is -0.980. The molecular weight excluding hydrogens is 296 g/mol. The Morgan fingerprint density at radius 2 is 2.09 bits per heavy atom. The average molecular weight is 324 g/mol. The Kier molecular flexibility index (Phi) is 6.35. The van der Waals surface area contributed by atoms with Crippen LogP contribution in [-0.2, 0) is 4.74 Å². The summed E-state index contributed by atoms with van der Waals surface area (Å²) in [5.74, 6) is 0. The van der Waals surface area contributed by atoms with Crippen molar-refractivity contribution < 1.29 is 4.74 Å². The summed E-state index contributed by atoms with van der Waals surface area (Å²) in [6, 6.07) is 0. The van der Waals surface area contributed by atoms with Gasteiger partial charge in [0.25, 0.3) is 0 Å². The molecule has 1 aliphatic heterocycles. The highest BCUT2D eigenvalue weighted by atomic mass is 32.1. The Bertz CT molecular complexity index is 453. The van der Waals surface area contributed by atoms with Gasteiger partial charge in [-0.2, -0.15) is 5.10 Å². The Morgan fingerprint density at radius 3 is 2.77 bits per heavy atom. The molecule has 0 aromatic carbocycles. The van der Waals surface area contributed by atoms with Crippen LogP contribution in [0.4, 0.5) is 0 Å². The summed E-state index contributed by atoms with van der Waals surface area (Å²) >= 11 is 5.28. The molecule has 5 nitrogen and oxygen atoms in total. The molecule has 1 fully saturated rings. The molecule has 124 valence electrons. The maximum atomic E-state index is 5.33. The summed E-state index contributed by atoms with van der Waals surface area (Å²) in [5.41, 5.74) is 5.70. The highest BCUT2D eigenvalue weighted by Crippen LogP contribution is 2.33. The van der Waals surface area contributed by atoms with Crippen LogP contribution in [0.1, 0.15) is 33.6 Å². The number of nitrogens with one attached hydrogen (secondary N) is 2. The van der Waals surface area contributed by atoms with E-state index in [0.29, 0.717) is 5.11 Å².